The standard InChI is InChI=1S/C16H16N4O2S/c1-20-13(21)8-12(14(19-20)15(17)22)16-18-9-11(23-16)7-10-5-3-2-4-6-10/h2-6,9,12H,7-8H2,1H3,(H2,17,22). The van der Waals surface area contributed by atoms with Crippen LogP contribution in [-0.4, -0.2) is 34.6 Å². The quantitative estimate of drug-likeness (QED) is 0.923. The first-order valence-electron chi connectivity index (χ1n) is 7.18. The fourth-order valence-electron chi connectivity index (χ4n) is 2.48. The van der Waals surface area contributed by atoms with E-state index in [1.54, 1.807) is 6.20 Å². The molecule has 0 bridgehead atoms. The molecule has 2 amide bonds. The van der Waals surface area contributed by atoms with E-state index in [1.807, 2.05) is 18.2 Å². The molecule has 1 atom stereocenters. The van der Waals surface area contributed by atoms with Crippen LogP contribution in [0.1, 0.15) is 27.8 Å². The molecule has 2 aromatic rings. The van der Waals surface area contributed by atoms with Crippen molar-refractivity contribution in [1.29, 1.82) is 0 Å². The van der Waals surface area contributed by atoms with Crippen molar-refractivity contribution in [3.8, 4) is 0 Å². The lowest BCUT2D eigenvalue weighted by Crippen LogP contribution is -2.39. The Bertz CT molecular complexity index is 769. The number of amides is 2. The Kier molecular flexibility index (Phi) is 4.20. The van der Waals surface area contributed by atoms with Crippen LogP contribution in [0.4, 0.5) is 0 Å². The van der Waals surface area contributed by atoms with Crippen LogP contribution in [0, 0.1) is 0 Å². The van der Waals surface area contributed by atoms with Gasteiger partial charge in [-0.05, 0) is 5.56 Å². The molecular weight excluding hydrogens is 312 g/mol. The van der Waals surface area contributed by atoms with Gasteiger partial charge in [0, 0.05) is 31.0 Å². The lowest BCUT2D eigenvalue weighted by molar-refractivity contribution is -0.130. The summed E-state index contributed by atoms with van der Waals surface area (Å²) in [4.78, 5) is 29.0. The number of nitrogens with two attached hydrogens (primary N) is 1. The van der Waals surface area contributed by atoms with Gasteiger partial charge in [-0.25, -0.2) is 9.99 Å². The van der Waals surface area contributed by atoms with Crippen LogP contribution in [0.3, 0.4) is 0 Å². The third kappa shape index (κ3) is 3.29. The Balaban J connectivity index is 1.85. The van der Waals surface area contributed by atoms with E-state index in [4.69, 9.17) is 5.73 Å². The van der Waals surface area contributed by atoms with Crippen molar-refractivity contribution >= 4 is 28.9 Å². The van der Waals surface area contributed by atoms with Crippen LogP contribution in [0.15, 0.2) is 41.6 Å². The normalized spacial score (nSPS) is 18.0. The van der Waals surface area contributed by atoms with E-state index in [0.717, 1.165) is 16.3 Å². The molecule has 0 saturated heterocycles. The number of aromatic nitrogens is 1. The van der Waals surface area contributed by atoms with E-state index >= 15 is 0 Å². The Labute approximate surface area is 137 Å². The van der Waals surface area contributed by atoms with E-state index in [-0.39, 0.29) is 18.0 Å². The molecule has 0 radical (unpaired) electrons. The van der Waals surface area contributed by atoms with Crippen LogP contribution in [0.25, 0.3) is 0 Å². The molecule has 1 aromatic carbocycles. The summed E-state index contributed by atoms with van der Waals surface area (Å²) in [6, 6.07) is 10.1. The van der Waals surface area contributed by atoms with Crippen molar-refractivity contribution in [2.24, 2.45) is 10.8 Å². The van der Waals surface area contributed by atoms with Gasteiger partial charge in [0.25, 0.3) is 5.91 Å². The topological polar surface area (TPSA) is 88.7 Å². The predicted molar refractivity (Wildman–Crippen MR) is 88.1 cm³/mol. The van der Waals surface area contributed by atoms with E-state index < -0.39 is 11.8 Å². The molecule has 0 saturated carbocycles. The van der Waals surface area contributed by atoms with Gasteiger partial charge in [-0.3, -0.25) is 9.59 Å². The Morgan fingerprint density at radius 2 is 2.13 bits per heavy atom. The zero-order valence-electron chi connectivity index (χ0n) is 12.6. The molecule has 1 aliphatic heterocycles. The summed E-state index contributed by atoms with van der Waals surface area (Å²) in [5.74, 6) is -1.22. The van der Waals surface area contributed by atoms with Crippen molar-refractivity contribution in [3.63, 3.8) is 0 Å². The highest BCUT2D eigenvalue weighted by atomic mass is 32.1. The Hall–Kier alpha value is -2.54. The Morgan fingerprint density at radius 1 is 1.39 bits per heavy atom. The minimum absolute atomic E-state index is 0.153. The minimum atomic E-state index is -0.617. The monoisotopic (exact) mass is 328 g/mol. The highest BCUT2D eigenvalue weighted by Gasteiger charge is 2.33. The summed E-state index contributed by atoms with van der Waals surface area (Å²) < 4.78 is 0. The second kappa shape index (κ2) is 6.29. The van der Waals surface area contributed by atoms with Gasteiger partial charge in [-0.15, -0.1) is 11.3 Å². The second-order valence-corrected chi connectivity index (χ2v) is 6.50. The van der Waals surface area contributed by atoms with Gasteiger partial charge in [0.05, 0.1) is 5.92 Å². The molecule has 2 heterocycles. The molecule has 0 spiro atoms. The molecule has 2 N–H and O–H groups in total. The molecule has 3 rings (SSSR count). The van der Waals surface area contributed by atoms with Crippen LogP contribution in [0.5, 0.6) is 0 Å². The zero-order chi connectivity index (χ0) is 16.4. The average Bonchev–Trinajstić information content (AvgIpc) is 2.98. The molecule has 118 valence electrons. The van der Waals surface area contributed by atoms with Gasteiger partial charge < -0.3 is 5.73 Å². The summed E-state index contributed by atoms with van der Waals surface area (Å²) in [6.45, 7) is 0. The Morgan fingerprint density at radius 3 is 2.83 bits per heavy atom. The highest BCUT2D eigenvalue weighted by Crippen LogP contribution is 2.30. The lowest BCUT2D eigenvalue weighted by Gasteiger charge is -2.24. The number of carbonyl (C=O) groups excluding carboxylic acids is 2. The number of carbonyl (C=O) groups is 2. The molecule has 7 heteroatoms. The van der Waals surface area contributed by atoms with Gasteiger partial charge in [0.15, 0.2) is 0 Å². The molecule has 0 aliphatic carbocycles. The minimum Gasteiger partial charge on any atom is -0.364 e. The summed E-state index contributed by atoms with van der Waals surface area (Å²) in [5.41, 5.74) is 6.78. The van der Waals surface area contributed by atoms with Gasteiger partial charge in [-0.1, -0.05) is 30.3 Å². The number of rotatable bonds is 4. The zero-order valence-corrected chi connectivity index (χ0v) is 13.4. The summed E-state index contributed by atoms with van der Waals surface area (Å²) in [5, 5.41) is 5.87. The smallest absolute Gasteiger partial charge is 0.265 e. The van der Waals surface area contributed by atoms with E-state index in [0.29, 0.717) is 5.01 Å². The fraction of sp³-hybridized carbons (Fsp3) is 0.250. The largest absolute Gasteiger partial charge is 0.364 e. The van der Waals surface area contributed by atoms with Crippen LogP contribution in [0.2, 0.25) is 0 Å². The number of hydrogen-bond acceptors (Lipinski definition) is 5. The third-order valence-electron chi connectivity index (χ3n) is 3.67. The van der Waals surface area contributed by atoms with Crippen LogP contribution in [-0.2, 0) is 16.0 Å². The maximum atomic E-state index is 11.9. The first kappa shape index (κ1) is 15.4. The van der Waals surface area contributed by atoms with Crippen LogP contribution < -0.4 is 5.73 Å². The predicted octanol–water partition coefficient (Wildman–Crippen LogP) is 1.52. The SMILES string of the molecule is CN1N=C(C(N)=O)C(c2ncc(Cc3ccccc3)s2)CC1=O. The number of benzene rings is 1. The van der Waals surface area contributed by atoms with Crippen molar-refractivity contribution in [2.75, 3.05) is 7.05 Å². The molecule has 23 heavy (non-hydrogen) atoms. The molecule has 1 aromatic heterocycles. The maximum Gasteiger partial charge on any atom is 0.265 e. The number of hydrazone groups is 1. The highest BCUT2D eigenvalue weighted by molar-refractivity contribution is 7.11. The first-order chi connectivity index (χ1) is 11.0. The number of nitrogens with zero attached hydrogens (tertiary/aromatic N) is 3. The molecule has 1 unspecified atom stereocenters. The van der Waals surface area contributed by atoms with Gasteiger partial charge >= 0.3 is 0 Å². The van der Waals surface area contributed by atoms with E-state index in [1.165, 1.54) is 23.9 Å². The van der Waals surface area contributed by atoms with Crippen molar-refractivity contribution in [1.82, 2.24) is 9.99 Å². The van der Waals surface area contributed by atoms with Gasteiger partial charge in [0.1, 0.15) is 10.7 Å². The van der Waals surface area contributed by atoms with Crippen molar-refractivity contribution in [3.05, 3.63) is 52.0 Å². The summed E-state index contributed by atoms with van der Waals surface area (Å²) in [6.07, 6.45) is 2.72. The second-order valence-electron chi connectivity index (χ2n) is 5.35. The first-order valence-corrected chi connectivity index (χ1v) is 7.99. The van der Waals surface area contributed by atoms with Crippen LogP contribution >= 0.6 is 11.3 Å². The van der Waals surface area contributed by atoms with Gasteiger partial charge in [0.2, 0.25) is 5.91 Å². The molecule has 1 aliphatic rings. The molecule has 6 nitrogen and oxygen atoms in total. The number of primary amides is 1. The summed E-state index contributed by atoms with van der Waals surface area (Å²) in [7, 11) is 1.52. The molecular formula is C16H16N4O2S. The lowest BCUT2D eigenvalue weighted by atomic mass is 9.97. The number of thiazole rings is 1. The fourth-order valence-corrected chi connectivity index (χ4v) is 3.53. The van der Waals surface area contributed by atoms with Crippen molar-refractivity contribution < 1.29 is 9.59 Å². The van der Waals surface area contributed by atoms with Gasteiger partial charge in [-0.2, -0.15) is 5.10 Å². The summed E-state index contributed by atoms with van der Waals surface area (Å²) >= 11 is 1.49. The van der Waals surface area contributed by atoms with E-state index in [9.17, 15) is 9.59 Å². The molecule has 0 fully saturated rings. The maximum absolute atomic E-state index is 11.9. The average molecular weight is 328 g/mol. The third-order valence-corrected chi connectivity index (χ3v) is 4.78. The van der Waals surface area contributed by atoms with E-state index in [2.05, 4.69) is 22.2 Å². The number of hydrogen-bond donors (Lipinski definition) is 1. The van der Waals surface area contributed by atoms with Crippen molar-refractivity contribution in [2.45, 2.75) is 18.8 Å².